The molecule has 3 rings (SSSR count). The number of nitro groups is 1. The Morgan fingerprint density at radius 3 is 2.48 bits per heavy atom. The van der Waals surface area contributed by atoms with E-state index in [-0.39, 0.29) is 10.6 Å². The Labute approximate surface area is 146 Å². The SMILES string of the molecule is CC(C)Cc1noc(CN2CCN(c3ccc([N+](=O)[O-])cc3)CC2)n1. The molecular formula is C17H23N5O3. The lowest BCUT2D eigenvalue weighted by molar-refractivity contribution is -0.384. The largest absolute Gasteiger partial charge is 0.369 e. The molecule has 0 saturated carbocycles. The minimum atomic E-state index is -0.375. The van der Waals surface area contributed by atoms with Crippen LogP contribution in [0.25, 0.3) is 0 Å². The quantitative estimate of drug-likeness (QED) is 0.587. The van der Waals surface area contributed by atoms with Gasteiger partial charge in [0.1, 0.15) is 0 Å². The summed E-state index contributed by atoms with van der Waals surface area (Å²) in [5, 5.41) is 14.8. The Balaban J connectivity index is 1.51. The van der Waals surface area contributed by atoms with Crippen LogP contribution in [0.5, 0.6) is 0 Å². The molecule has 0 aliphatic carbocycles. The molecule has 0 atom stereocenters. The molecule has 2 heterocycles. The van der Waals surface area contributed by atoms with Crippen LogP contribution in [0.4, 0.5) is 11.4 Å². The predicted octanol–water partition coefficient (Wildman–Crippen LogP) is 2.50. The average molecular weight is 345 g/mol. The smallest absolute Gasteiger partial charge is 0.269 e. The zero-order chi connectivity index (χ0) is 17.8. The molecule has 0 unspecified atom stereocenters. The third-order valence-electron chi connectivity index (χ3n) is 4.26. The molecule has 1 fully saturated rings. The first-order valence-electron chi connectivity index (χ1n) is 8.54. The number of nitrogens with zero attached hydrogens (tertiary/aromatic N) is 5. The minimum Gasteiger partial charge on any atom is -0.369 e. The maximum atomic E-state index is 10.7. The molecule has 0 amide bonds. The van der Waals surface area contributed by atoms with Crippen LogP contribution in [0, 0.1) is 16.0 Å². The van der Waals surface area contributed by atoms with Crippen LogP contribution < -0.4 is 4.90 Å². The van der Waals surface area contributed by atoms with Crippen molar-refractivity contribution in [3.8, 4) is 0 Å². The molecule has 25 heavy (non-hydrogen) atoms. The number of nitro benzene ring substituents is 1. The Morgan fingerprint density at radius 1 is 1.20 bits per heavy atom. The van der Waals surface area contributed by atoms with E-state index in [2.05, 4.69) is 33.8 Å². The van der Waals surface area contributed by atoms with Crippen LogP contribution in [-0.2, 0) is 13.0 Å². The summed E-state index contributed by atoms with van der Waals surface area (Å²) in [7, 11) is 0. The summed E-state index contributed by atoms with van der Waals surface area (Å²) in [6, 6.07) is 6.72. The predicted molar refractivity (Wildman–Crippen MR) is 93.4 cm³/mol. The zero-order valence-electron chi connectivity index (χ0n) is 14.6. The van der Waals surface area contributed by atoms with E-state index < -0.39 is 0 Å². The molecule has 134 valence electrons. The first-order valence-corrected chi connectivity index (χ1v) is 8.54. The summed E-state index contributed by atoms with van der Waals surface area (Å²) < 4.78 is 5.34. The van der Waals surface area contributed by atoms with Gasteiger partial charge in [-0.25, -0.2) is 0 Å². The van der Waals surface area contributed by atoms with Gasteiger partial charge in [-0.1, -0.05) is 19.0 Å². The van der Waals surface area contributed by atoms with E-state index in [1.807, 2.05) is 12.1 Å². The van der Waals surface area contributed by atoms with Crippen molar-refractivity contribution in [3.63, 3.8) is 0 Å². The van der Waals surface area contributed by atoms with E-state index in [1.165, 1.54) is 0 Å². The van der Waals surface area contributed by atoms with Crippen molar-refractivity contribution in [2.75, 3.05) is 31.1 Å². The Kier molecular flexibility index (Phi) is 5.28. The van der Waals surface area contributed by atoms with Gasteiger partial charge >= 0.3 is 0 Å². The van der Waals surface area contributed by atoms with Gasteiger partial charge in [0.15, 0.2) is 5.82 Å². The number of aromatic nitrogens is 2. The molecule has 0 spiro atoms. The molecule has 0 N–H and O–H groups in total. The number of hydrogen-bond donors (Lipinski definition) is 0. The standard InChI is InChI=1S/C17H23N5O3/c1-13(2)11-16-18-17(25-19-16)12-20-7-9-21(10-8-20)14-3-5-15(6-4-14)22(23)24/h3-6,13H,7-12H2,1-2H3. The molecule has 1 aliphatic heterocycles. The van der Waals surface area contributed by atoms with Crippen molar-refractivity contribution < 1.29 is 9.45 Å². The van der Waals surface area contributed by atoms with Crippen LogP contribution in [0.1, 0.15) is 25.6 Å². The fraction of sp³-hybridized carbons (Fsp3) is 0.529. The van der Waals surface area contributed by atoms with Crippen molar-refractivity contribution in [3.05, 3.63) is 46.1 Å². The van der Waals surface area contributed by atoms with E-state index in [1.54, 1.807) is 12.1 Å². The molecular weight excluding hydrogens is 322 g/mol. The highest BCUT2D eigenvalue weighted by atomic mass is 16.6. The molecule has 1 saturated heterocycles. The second-order valence-electron chi connectivity index (χ2n) is 6.74. The fourth-order valence-electron chi connectivity index (χ4n) is 2.94. The first kappa shape index (κ1) is 17.3. The summed E-state index contributed by atoms with van der Waals surface area (Å²) in [6.45, 7) is 8.44. The molecule has 8 heteroatoms. The first-order chi connectivity index (χ1) is 12.0. The Morgan fingerprint density at radius 2 is 1.88 bits per heavy atom. The van der Waals surface area contributed by atoms with Gasteiger partial charge in [0.25, 0.3) is 5.69 Å². The van der Waals surface area contributed by atoms with Crippen molar-refractivity contribution in [2.24, 2.45) is 5.92 Å². The van der Waals surface area contributed by atoms with E-state index in [0.29, 0.717) is 18.4 Å². The van der Waals surface area contributed by atoms with Gasteiger partial charge in [-0.05, 0) is 18.1 Å². The highest BCUT2D eigenvalue weighted by Crippen LogP contribution is 2.21. The normalized spacial score (nSPS) is 15.7. The number of piperazine rings is 1. The third kappa shape index (κ3) is 4.54. The summed E-state index contributed by atoms with van der Waals surface area (Å²) in [4.78, 5) is 19.3. The number of hydrogen-bond acceptors (Lipinski definition) is 7. The van der Waals surface area contributed by atoms with Crippen LogP contribution in [0.3, 0.4) is 0 Å². The van der Waals surface area contributed by atoms with Crippen LogP contribution in [0.15, 0.2) is 28.8 Å². The minimum absolute atomic E-state index is 0.121. The van der Waals surface area contributed by atoms with Crippen LogP contribution >= 0.6 is 0 Å². The van der Waals surface area contributed by atoms with Gasteiger partial charge in [-0.15, -0.1) is 0 Å². The van der Waals surface area contributed by atoms with Gasteiger partial charge in [-0.2, -0.15) is 4.98 Å². The van der Waals surface area contributed by atoms with Crippen molar-refractivity contribution >= 4 is 11.4 Å². The number of rotatable bonds is 6. The molecule has 0 radical (unpaired) electrons. The topological polar surface area (TPSA) is 88.5 Å². The summed E-state index contributed by atoms with van der Waals surface area (Å²) >= 11 is 0. The summed E-state index contributed by atoms with van der Waals surface area (Å²) in [5.41, 5.74) is 1.14. The number of anilines is 1. The average Bonchev–Trinajstić information content (AvgIpc) is 3.02. The number of non-ortho nitro benzene ring substituents is 1. The Bertz CT molecular complexity index is 705. The highest BCUT2D eigenvalue weighted by Gasteiger charge is 2.20. The van der Waals surface area contributed by atoms with E-state index in [0.717, 1.165) is 44.1 Å². The van der Waals surface area contributed by atoms with Gasteiger partial charge in [-0.3, -0.25) is 15.0 Å². The lowest BCUT2D eigenvalue weighted by atomic mass is 10.1. The van der Waals surface area contributed by atoms with E-state index in [4.69, 9.17) is 4.52 Å². The maximum absolute atomic E-state index is 10.7. The monoisotopic (exact) mass is 345 g/mol. The van der Waals surface area contributed by atoms with E-state index >= 15 is 0 Å². The molecule has 2 aromatic rings. The highest BCUT2D eigenvalue weighted by molar-refractivity contribution is 5.51. The second kappa shape index (κ2) is 7.60. The van der Waals surface area contributed by atoms with Gasteiger partial charge < -0.3 is 9.42 Å². The zero-order valence-corrected chi connectivity index (χ0v) is 14.6. The Hall–Kier alpha value is -2.48. The lowest BCUT2D eigenvalue weighted by Gasteiger charge is -2.35. The van der Waals surface area contributed by atoms with Gasteiger partial charge in [0.2, 0.25) is 5.89 Å². The molecule has 1 aliphatic rings. The molecule has 1 aromatic carbocycles. The van der Waals surface area contributed by atoms with Crippen LogP contribution in [0.2, 0.25) is 0 Å². The molecule has 0 bridgehead atoms. The lowest BCUT2D eigenvalue weighted by Crippen LogP contribution is -2.46. The van der Waals surface area contributed by atoms with Crippen molar-refractivity contribution in [1.82, 2.24) is 15.0 Å². The van der Waals surface area contributed by atoms with Crippen LogP contribution in [-0.4, -0.2) is 46.1 Å². The maximum Gasteiger partial charge on any atom is 0.269 e. The van der Waals surface area contributed by atoms with E-state index in [9.17, 15) is 10.1 Å². The summed E-state index contributed by atoms with van der Waals surface area (Å²) in [6.07, 6.45) is 0.831. The second-order valence-corrected chi connectivity index (χ2v) is 6.74. The molecule has 8 nitrogen and oxygen atoms in total. The van der Waals surface area contributed by atoms with Gasteiger partial charge in [0.05, 0.1) is 11.5 Å². The van der Waals surface area contributed by atoms with Crippen molar-refractivity contribution in [1.29, 1.82) is 0 Å². The number of benzene rings is 1. The summed E-state index contributed by atoms with van der Waals surface area (Å²) in [5.74, 6) is 1.95. The third-order valence-corrected chi connectivity index (χ3v) is 4.26. The molecule has 1 aromatic heterocycles. The fourth-order valence-corrected chi connectivity index (χ4v) is 2.94. The van der Waals surface area contributed by atoms with Gasteiger partial charge in [0, 0.05) is 50.4 Å². The van der Waals surface area contributed by atoms with Crippen molar-refractivity contribution in [2.45, 2.75) is 26.8 Å².